The molecule has 3 heteroatoms. The van der Waals surface area contributed by atoms with Gasteiger partial charge in [-0.15, -0.1) is 11.8 Å². The van der Waals surface area contributed by atoms with Gasteiger partial charge >= 0.3 is 0 Å². The van der Waals surface area contributed by atoms with Crippen LogP contribution in [0.5, 0.6) is 0 Å². The number of hydrogen-bond donors (Lipinski definition) is 0. The summed E-state index contributed by atoms with van der Waals surface area (Å²) < 4.78 is 0. The van der Waals surface area contributed by atoms with E-state index in [2.05, 4.69) is 11.8 Å². The minimum absolute atomic E-state index is 0.254. The maximum absolute atomic E-state index is 11.5. The van der Waals surface area contributed by atoms with Crippen molar-refractivity contribution >= 4 is 17.7 Å². The Morgan fingerprint density at radius 1 is 1.50 bits per heavy atom. The van der Waals surface area contributed by atoms with E-state index in [9.17, 15) is 4.79 Å². The lowest BCUT2D eigenvalue weighted by Crippen LogP contribution is -2.55. The van der Waals surface area contributed by atoms with Gasteiger partial charge in [0.25, 0.3) is 0 Å². The van der Waals surface area contributed by atoms with Crippen LogP contribution in [0.4, 0.5) is 0 Å². The van der Waals surface area contributed by atoms with Crippen LogP contribution in [0, 0.1) is 5.41 Å². The van der Waals surface area contributed by atoms with Crippen molar-refractivity contribution in [3.05, 3.63) is 0 Å². The first kappa shape index (κ1) is 7.25. The van der Waals surface area contributed by atoms with Gasteiger partial charge in [-0.25, -0.2) is 0 Å². The molecule has 3 aliphatic rings. The number of amides is 1. The van der Waals surface area contributed by atoms with E-state index in [1.54, 1.807) is 0 Å². The summed E-state index contributed by atoms with van der Waals surface area (Å²) in [6, 6.07) is 0. The van der Waals surface area contributed by atoms with Crippen LogP contribution in [0.15, 0.2) is 0 Å². The number of carbonyl (C=O) groups excluding carboxylic acids is 1. The Hall–Kier alpha value is -0.180. The van der Waals surface area contributed by atoms with E-state index in [1.165, 1.54) is 12.2 Å². The fourth-order valence-electron chi connectivity index (χ4n) is 2.94. The van der Waals surface area contributed by atoms with Crippen molar-refractivity contribution in [2.24, 2.45) is 5.41 Å². The van der Waals surface area contributed by atoms with Gasteiger partial charge in [-0.05, 0) is 12.8 Å². The van der Waals surface area contributed by atoms with Gasteiger partial charge in [0.05, 0.1) is 4.87 Å². The molecular weight excluding hydrogens is 170 g/mol. The molecule has 3 fully saturated rings. The Morgan fingerprint density at radius 2 is 2.33 bits per heavy atom. The first-order valence-electron chi connectivity index (χ1n) is 4.62. The maximum atomic E-state index is 11.5. The van der Waals surface area contributed by atoms with Gasteiger partial charge in [-0.2, -0.15) is 0 Å². The Bertz CT molecular complexity index is 267. The average Bonchev–Trinajstić information content (AvgIpc) is 2.47. The normalized spacial score (nSPS) is 50.4. The summed E-state index contributed by atoms with van der Waals surface area (Å²) >= 11 is 2.00. The number of rotatable bonds is 0. The molecule has 1 amide bonds. The summed E-state index contributed by atoms with van der Waals surface area (Å²) in [5.74, 6) is 1.66. The first-order chi connectivity index (χ1) is 5.68. The molecule has 0 aliphatic carbocycles. The molecule has 0 bridgehead atoms. The number of hydrogen-bond acceptors (Lipinski definition) is 2. The quantitative estimate of drug-likeness (QED) is 0.566. The summed E-state index contributed by atoms with van der Waals surface area (Å²) in [6.45, 7) is 3.37. The molecule has 3 aliphatic heterocycles. The molecule has 0 aromatic rings. The molecule has 3 saturated heterocycles. The SMILES string of the molecule is CC12CCN3C(=O)CCC31SC2. The van der Waals surface area contributed by atoms with E-state index in [4.69, 9.17) is 0 Å². The van der Waals surface area contributed by atoms with E-state index in [0.717, 1.165) is 19.4 Å². The van der Waals surface area contributed by atoms with Gasteiger partial charge in [0.1, 0.15) is 0 Å². The molecule has 1 spiro atoms. The Kier molecular flexibility index (Phi) is 1.11. The van der Waals surface area contributed by atoms with E-state index in [0.29, 0.717) is 11.3 Å². The molecule has 2 nitrogen and oxygen atoms in total. The third-order valence-corrected chi connectivity index (χ3v) is 6.05. The molecule has 12 heavy (non-hydrogen) atoms. The monoisotopic (exact) mass is 183 g/mol. The maximum Gasteiger partial charge on any atom is 0.223 e. The highest BCUT2D eigenvalue weighted by Crippen LogP contribution is 2.66. The lowest BCUT2D eigenvalue weighted by molar-refractivity contribution is -0.128. The summed E-state index contributed by atoms with van der Waals surface area (Å²) in [5.41, 5.74) is 0.462. The Labute approximate surface area is 76.7 Å². The van der Waals surface area contributed by atoms with Gasteiger partial charge in [0.2, 0.25) is 5.91 Å². The molecule has 3 rings (SSSR count). The second kappa shape index (κ2) is 1.84. The molecule has 3 heterocycles. The van der Waals surface area contributed by atoms with Gasteiger partial charge < -0.3 is 4.90 Å². The highest BCUT2D eigenvalue weighted by molar-refractivity contribution is 8.02. The van der Waals surface area contributed by atoms with E-state index < -0.39 is 0 Å². The molecular formula is C9H13NOS. The Morgan fingerprint density at radius 3 is 2.92 bits per heavy atom. The molecule has 66 valence electrons. The molecule has 2 unspecified atom stereocenters. The lowest BCUT2D eigenvalue weighted by Gasteiger charge is -2.53. The van der Waals surface area contributed by atoms with Gasteiger partial charge in [-0.1, -0.05) is 6.92 Å². The van der Waals surface area contributed by atoms with Crippen molar-refractivity contribution in [1.29, 1.82) is 0 Å². The van der Waals surface area contributed by atoms with Crippen molar-refractivity contribution in [1.82, 2.24) is 4.90 Å². The van der Waals surface area contributed by atoms with Crippen LogP contribution in [-0.2, 0) is 4.79 Å². The van der Waals surface area contributed by atoms with Crippen LogP contribution in [0.25, 0.3) is 0 Å². The summed E-state index contributed by atoms with van der Waals surface area (Å²) in [6.07, 6.45) is 3.13. The van der Waals surface area contributed by atoms with Crippen molar-refractivity contribution in [3.8, 4) is 0 Å². The highest BCUT2D eigenvalue weighted by Gasteiger charge is 2.67. The molecule has 0 radical (unpaired) electrons. The predicted octanol–water partition coefficient (Wildman–Crippen LogP) is 1.46. The molecule has 0 aromatic heterocycles. The fourth-order valence-corrected chi connectivity index (χ4v) is 4.75. The topological polar surface area (TPSA) is 20.3 Å². The highest BCUT2D eigenvalue weighted by atomic mass is 32.2. The number of carbonyl (C=O) groups is 1. The zero-order valence-electron chi connectivity index (χ0n) is 7.30. The minimum atomic E-state index is 0.254. The van der Waals surface area contributed by atoms with Crippen LogP contribution >= 0.6 is 11.8 Å². The Balaban J connectivity index is 2.05. The number of thioether (sulfide) groups is 1. The summed E-state index contributed by atoms with van der Waals surface area (Å²) in [4.78, 5) is 13.9. The van der Waals surface area contributed by atoms with E-state index in [-0.39, 0.29) is 4.87 Å². The molecule has 0 N–H and O–H groups in total. The van der Waals surface area contributed by atoms with Crippen molar-refractivity contribution in [2.75, 3.05) is 12.3 Å². The average molecular weight is 183 g/mol. The number of nitrogens with zero attached hydrogens (tertiary/aromatic N) is 1. The zero-order valence-corrected chi connectivity index (χ0v) is 8.12. The second-order valence-electron chi connectivity index (χ2n) is 4.43. The summed E-state index contributed by atoms with van der Waals surface area (Å²) in [7, 11) is 0. The van der Waals surface area contributed by atoms with Crippen LogP contribution in [0.1, 0.15) is 26.2 Å². The van der Waals surface area contributed by atoms with Gasteiger partial charge in [0.15, 0.2) is 0 Å². The van der Waals surface area contributed by atoms with E-state index in [1.807, 2.05) is 11.8 Å². The van der Waals surface area contributed by atoms with Crippen LogP contribution in [-0.4, -0.2) is 28.0 Å². The second-order valence-corrected chi connectivity index (χ2v) is 5.68. The van der Waals surface area contributed by atoms with Gasteiger partial charge in [-0.3, -0.25) is 4.79 Å². The largest absolute Gasteiger partial charge is 0.327 e. The van der Waals surface area contributed by atoms with Crippen LogP contribution in [0.2, 0.25) is 0 Å². The third-order valence-electron chi connectivity index (χ3n) is 3.87. The smallest absolute Gasteiger partial charge is 0.223 e. The van der Waals surface area contributed by atoms with E-state index >= 15 is 0 Å². The van der Waals surface area contributed by atoms with Crippen molar-refractivity contribution in [2.45, 2.75) is 31.1 Å². The minimum Gasteiger partial charge on any atom is -0.327 e. The fraction of sp³-hybridized carbons (Fsp3) is 0.889. The zero-order chi connectivity index (χ0) is 8.40. The summed E-state index contributed by atoms with van der Waals surface area (Å²) in [5, 5.41) is 0. The predicted molar refractivity (Wildman–Crippen MR) is 48.9 cm³/mol. The van der Waals surface area contributed by atoms with Crippen molar-refractivity contribution in [3.63, 3.8) is 0 Å². The van der Waals surface area contributed by atoms with Crippen LogP contribution in [0.3, 0.4) is 0 Å². The molecule has 0 aromatic carbocycles. The third kappa shape index (κ3) is 0.534. The standard InChI is InChI=1S/C9H13NOS/c1-8-4-5-10-7(11)2-3-9(8,10)12-6-8/h2-6H2,1H3. The first-order valence-corrected chi connectivity index (χ1v) is 5.61. The molecule has 0 saturated carbocycles. The lowest BCUT2D eigenvalue weighted by atomic mass is 9.81. The van der Waals surface area contributed by atoms with Gasteiger partial charge in [0, 0.05) is 24.1 Å². The molecule has 2 atom stereocenters. The van der Waals surface area contributed by atoms with Crippen molar-refractivity contribution < 1.29 is 4.79 Å². The van der Waals surface area contributed by atoms with Crippen LogP contribution < -0.4 is 0 Å².